The van der Waals surface area contributed by atoms with Crippen molar-refractivity contribution in [3.8, 4) is 0 Å². The molecular weight excluding hydrogens is 254 g/mol. The molecule has 2 rings (SSSR count). The number of hydrogen-bond acceptors (Lipinski definition) is 3. The Balaban J connectivity index is 2.12. The first-order valence-electron chi connectivity index (χ1n) is 6.96. The fraction of sp³-hybridized carbons (Fsp3) is 0.467. The molecule has 1 atom stereocenters. The average Bonchev–Trinajstić information content (AvgIpc) is 2.42. The van der Waals surface area contributed by atoms with Crippen molar-refractivity contribution >= 4 is 23.2 Å². The van der Waals surface area contributed by atoms with Crippen molar-refractivity contribution < 1.29 is 9.59 Å². The molecule has 1 aliphatic rings. The van der Waals surface area contributed by atoms with E-state index in [1.165, 1.54) is 6.92 Å². The van der Waals surface area contributed by atoms with E-state index < -0.39 is 0 Å². The minimum Gasteiger partial charge on any atom is -0.325 e. The van der Waals surface area contributed by atoms with Gasteiger partial charge in [0.25, 0.3) is 0 Å². The largest absolute Gasteiger partial charge is 0.325 e. The van der Waals surface area contributed by atoms with Crippen molar-refractivity contribution in [2.45, 2.75) is 26.7 Å². The second kappa shape index (κ2) is 6.52. The summed E-state index contributed by atoms with van der Waals surface area (Å²) >= 11 is 0. The van der Waals surface area contributed by atoms with Crippen molar-refractivity contribution in [1.29, 1.82) is 0 Å². The molecule has 0 spiro atoms. The highest BCUT2D eigenvalue weighted by Gasteiger charge is 2.21. The van der Waals surface area contributed by atoms with Gasteiger partial charge in [0.15, 0.2) is 0 Å². The normalized spacial score (nSPS) is 18.4. The number of amides is 2. The van der Waals surface area contributed by atoms with Crippen LogP contribution in [0.25, 0.3) is 0 Å². The van der Waals surface area contributed by atoms with E-state index in [4.69, 9.17) is 0 Å². The molecule has 5 heteroatoms. The van der Waals surface area contributed by atoms with Crippen LogP contribution in [0, 0.1) is 12.8 Å². The van der Waals surface area contributed by atoms with Crippen LogP contribution in [-0.4, -0.2) is 24.9 Å². The summed E-state index contributed by atoms with van der Waals surface area (Å²) in [5.41, 5.74) is 2.34. The highest BCUT2D eigenvalue weighted by atomic mass is 16.2. The summed E-state index contributed by atoms with van der Waals surface area (Å²) in [6, 6.07) is 5.59. The number of rotatable bonds is 3. The average molecular weight is 275 g/mol. The van der Waals surface area contributed by atoms with Gasteiger partial charge in [0.2, 0.25) is 11.8 Å². The zero-order valence-electron chi connectivity index (χ0n) is 12.0. The van der Waals surface area contributed by atoms with Gasteiger partial charge < -0.3 is 16.0 Å². The van der Waals surface area contributed by atoms with Crippen molar-refractivity contribution in [2.75, 3.05) is 23.7 Å². The summed E-state index contributed by atoms with van der Waals surface area (Å²) in [5.74, 6) is -0.146. The Kier molecular flexibility index (Phi) is 4.74. The Bertz CT molecular complexity index is 508. The van der Waals surface area contributed by atoms with E-state index in [-0.39, 0.29) is 17.7 Å². The fourth-order valence-corrected chi connectivity index (χ4v) is 2.37. The molecule has 0 bridgehead atoms. The van der Waals surface area contributed by atoms with Gasteiger partial charge in [-0.15, -0.1) is 0 Å². The van der Waals surface area contributed by atoms with Crippen molar-refractivity contribution in [1.82, 2.24) is 5.32 Å². The van der Waals surface area contributed by atoms with Gasteiger partial charge in [-0.25, -0.2) is 0 Å². The molecule has 5 nitrogen and oxygen atoms in total. The van der Waals surface area contributed by atoms with Gasteiger partial charge in [-0.3, -0.25) is 9.59 Å². The summed E-state index contributed by atoms with van der Waals surface area (Å²) in [7, 11) is 0. The number of anilines is 2. The van der Waals surface area contributed by atoms with Gasteiger partial charge in [-0.05, 0) is 44.0 Å². The van der Waals surface area contributed by atoms with Crippen LogP contribution in [0.4, 0.5) is 11.4 Å². The second-order valence-electron chi connectivity index (χ2n) is 5.26. The molecule has 2 amide bonds. The molecule has 0 radical (unpaired) electrons. The predicted octanol–water partition coefficient (Wildman–Crippen LogP) is 1.89. The third-order valence-corrected chi connectivity index (χ3v) is 3.41. The van der Waals surface area contributed by atoms with E-state index in [2.05, 4.69) is 16.0 Å². The molecular formula is C15H21N3O2. The minimum absolute atomic E-state index is 0.00515. The first-order chi connectivity index (χ1) is 9.56. The second-order valence-corrected chi connectivity index (χ2v) is 5.26. The van der Waals surface area contributed by atoms with Crippen LogP contribution in [0.5, 0.6) is 0 Å². The third-order valence-electron chi connectivity index (χ3n) is 3.41. The van der Waals surface area contributed by atoms with Crippen LogP contribution in [0.2, 0.25) is 0 Å². The quantitative estimate of drug-likeness (QED) is 0.789. The number of nitrogens with one attached hydrogen (secondary N) is 3. The fourth-order valence-electron chi connectivity index (χ4n) is 2.37. The van der Waals surface area contributed by atoms with Crippen LogP contribution in [0.3, 0.4) is 0 Å². The molecule has 108 valence electrons. The van der Waals surface area contributed by atoms with E-state index in [0.717, 1.165) is 24.9 Å². The first-order valence-corrected chi connectivity index (χ1v) is 6.96. The van der Waals surface area contributed by atoms with Gasteiger partial charge in [0.1, 0.15) is 0 Å². The highest BCUT2D eigenvalue weighted by Crippen LogP contribution is 2.24. The highest BCUT2D eigenvalue weighted by molar-refractivity contribution is 5.99. The molecule has 1 aliphatic heterocycles. The molecule has 20 heavy (non-hydrogen) atoms. The van der Waals surface area contributed by atoms with Gasteiger partial charge in [-0.2, -0.15) is 0 Å². The lowest BCUT2D eigenvalue weighted by Crippen LogP contribution is -2.37. The van der Waals surface area contributed by atoms with Gasteiger partial charge in [0, 0.05) is 13.5 Å². The lowest BCUT2D eigenvalue weighted by molar-refractivity contribution is -0.120. The lowest BCUT2D eigenvalue weighted by atomic mass is 9.98. The van der Waals surface area contributed by atoms with Crippen LogP contribution in [0.15, 0.2) is 18.2 Å². The maximum Gasteiger partial charge on any atom is 0.228 e. The predicted molar refractivity (Wildman–Crippen MR) is 79.7 cm³/mol. The Labute approximate surface area is 119 Å². The number of piperidine rings is 1. The Morgan fingerprint density at radius 1 is 1.25 bits per heavy atom. The molecule has 3 N–H and O–H groups in total. The van der Waals surface area contributed by atoms with Crippen molar-refractivity contribution in [3.05, 3.63) is 23.8 Å². The number of carbonyl (C=O) groups excluding carboxylic acids is 2. The maximum atomic E-state index is 12.3. The number of hydrogen-bond donors (Lipinski definition) is 3. The van der Waals surface area contributed by atoms with Crippen molar-refractivity contribution in [2.24, 2.45) is 5.92 Å². The summed E-state index contributed by atoms with van der Waals surface area (Å²) in [6.07, 6.45) is 1.92. The molecule has 1 fully saturated rings. The summed E-state index contributed by atoms with van der Waals surface area (Å²) in [6.45, 7) is 5.10. The number of benzene rings is 1. The Morgan fingerprint density at radius 3 is 2.70 bits per heavy atom. The molecule has 0 aliphatic carbocycles. The van der Waals surface area contributed by atoms with Gasteiger partial charge in [-0.1, -0.05) is 6.07 Å². The Morgan fingerprint density at radius 2 is 2.05 bits per heavy atom. The van der Waals surface area contributed by atoms with Crippen LogP contribution in [0.1, 0.15) is 25.3 Å². The van der Waals surface area contributed by atoms with E-state index in [0.29, 0.717) is 17.9 Å². The first kappa shape index (κ1) is 14.5. The van der Waals surface area contributed by atoms with Gasteiger partial charge in [0.05, 0.1) is 17.3 Å². The smallest absolute Gasteiger partial charge is 0.228 e. The number of aryl methyl sites for hydroxylation is 1. The molecule has 0 aromatic heterocycles. The molecule has 1 heterocycles. The molecule has 1 aromatic carbocycles. The Hall–Kier alpha value is -1.88. The third kappa shape index (κ3) is 3.81. The van der Waals surface area contributed by atoms with E-state index >= 15 is 0 Å². The lowest BCUT2D eigenvalue weighted by Gasteiger charge is -2.22. The summed E-state index contributed by atoms with van der Waals surface area (Å²) in [4.78, 5) is 23.5. The monoisotopic (exact) mass is 275 g/mol. The van der Waals surface area contributed by atoms with E-state index in [1.807, 2.05) is 25.1 Å². The standard InChI is InChI=1S/C15H21N3O2/c1-10-5-6-13(17-11(2)19)14(8-10)18-15(20)12-4-3-7-16-9-12/h5-6,8,12,16H,3-4,7,9H2,1-2H3,(H,17,19)(H,18,20). The number of carbonyl (C=O) groups is 2. The summed E-state index contributed by atoms with van der Waals surface area (Å²) in [5, 5.41) is 8.90. The van der Waals surface area contributed by atoms with Crippen LogP contribution >= 0.6 is 0 Å². The zero-order chi connectivity index (χ0) is 14.5. The summed E-state index contributed by atoms with van der Waals surface area (Å²) < 4.78 is 0. The molecule has 0 saturated carbocycles. The van der Waals surface area contributed by atoms with Crippen LogP contribution in [-0.2, 0) is 9.59 Å². The van der Waals surface area contributed by atoms with E-state index in [9.17, 15) is 9.59 Å². The molecule has 1 saturated heterocycles. The maximum absolute atomic E-state index is 12.3. The van der Waals surface area contributed by atoms with Gasteiger partial charge >= 0.3 is 0 Å². The molecule has 1 aromatic rings. The van der Waals surface area contributed by atoms with E-state index in [1.54, 1.807) is 0 Å². The topological polar surface area (TPSA) is 70.2 Å². The zero-order valence-corrected chi connectivity index (χ0v) is 12.0. The van der Waals surface area contributed by atoms with Crippen LogP contribution < -0.4 is 16.0 Å². The minimum atomic E-state index is -0.149. The molecule has 1 unspecified atom stereocenters. The SMILES string of the molecule is CC(=O)Nc1ccc(C)cc1NC(=O)C1CCCNC1. The van der Waals surface area contributed by atoms with Crippen molar-refractivity contribution in [3.63, 3.8) is 0 Å².